The van der Waals surface area contributed by atoms with Gasteiger partial charge in [0.25, 0.3) is 0 Å². The normalized spacial score (nSPS) is 17.2. The second-order valence-corrected chi connectivity index (χ2v) is 6.61. The summed E-state index contributed by atoms with van der Waals surface area (Å²) >= 11 is 3.27. The molecular weight excluding hydrogens is 340 g/mol. The lowest BCUT2D eigenvalue weighted by Crippen LogP contribution is -2.42. The summed E-state index contributed by atoms with van der Waals surface area (Å²) in [6.07, 6.45) is 1.67. The molecule has 102 valence electrons. The summed E-state index contributed by atoms with van der Waals surface area (Å²) in [7, 11) is -3.42. The zero-order valence-corrected chi connectivity index (χ0v) is 12.9. The van der Waals surface area contributed by atoms with Crippen LogP contribution < -0.4 is 10.0 Å². The zero-order chi connectivity index (χ0) is 12.3. The van der Waals surface area contributed by atoms with E-state index in [0.29, 0.717) is 9.37 Å². The number of halogens is 2. The summed E-state index contributed by atoms with van der Waals surface area (Å²) in [5.41, 5.74) is 0. The van der Waals surface area contributed by atoms with Crippen LogP contribution >= 0.6 is 28.3 Å². The van der Waals surface area contributed by atoms with Crippen LogP contribution in [0, 0.1) is 0 Å². The van der Waals surface area contributed by atoms with Crippen LogP contribution in [0.25, 0.3) is 0 Å². The molecule has 1 aliphatic heterocycles. The summed E-state index contributed by atoms with van der Waals surface area (Å²) in [6.45, 7) is 1.73. The van der Waals surface area contributed by atoms with Gasteiger partial charge in [-0.05, 0) is 54.0 Å². The number of piperidine rings is 1. The van der Waals surface area contributed by atoms with E-state index >= 15 is 0 Å². The van der Waals surface area contributed by atoms with E-state index in [1.807, 2.05) is 0 Å². The van der Waals surface area contributed by atoms with E-state index in [9.17, 15) is 8.42 Å². The van der Waals surface area contributed by atoms with Crippen molar-refractivity contribution in [3.8, 4) is 0 Å². The molecule has 1 heterocycles. The van der Waals surface area contributed by atoms with Gasteiger partial charge in [0.05, 0.1) is 4.90 Å². The fraction of sp³-hybridized carbons (Fsp3) is 0.455. The fourth-order valence-electron chi connectivity index (χ4n) is 1.89. The van der Waals surface area contributed by atoms with E-state index in [2.05, 4.69) is 26.0 Å². The molecule has 0 aliphatic carbocycles. The Labute approximate surface area is 122 Å². The second kappa shape index (κ2) is 6.86. The summed E-state index contributed by atoms with van der Waals surface area (Å²) in [5, 5.41) is 3.21. The Morgan fingerprint density at radius 2 is 1.83 bits per heavy atom. The van der Waals surface area contributed by atoms with Crippen molar-refractivity contribution < 1.29 is 8.42 Å². The van der Waals surface area contributed by atoms with Gasteiger partial charge in [0.1, 0.15) is 0 Å². The molecule has 0 radical (unpaired) electrons. The maximum atomic E-state index is 12.2. The molecule has 7 heteroatoms. The lowest BCUT2D eigenvalue weighted by atomic mass is 10.1. The largest absolute Gasteiger partial charge is 0.317 e. The quantitative estimate of drug-likeness (QED) is 0.870. The first-order chi connectivity index (χ1) is 8.09. The predicted octanol–water partition coefficient (Wildman–Crippen LogP) is 1.90. The van der Waals surface area contributed by atoms with Crippen molar-refractivity contribution >= 4 is 38.4 Å². The molecular formula is C11H16BrClN2O2S. The lowest BCUT2D eigenvalue weighted by molar-refractivity contribution is 0.427. The summed E-state index contributed by atoms with van der Waals surface area (Å²) < 4.78 is 27.7. The van der Waals surface area contributed by atoms with Gasteiger partial charge < -0.3 is 5.32 Å². The highest BCUT2D eigenvalue weighted by Gasteiger charge is 2.22. The van der Waals surface area contributed by atoms with Crippen molar-refractivity contribution in [2.75, 3.05) is 13.1 Å². The third kappa shape index (κ3) is 3.93. The molecule has 0 spiro atoms. The minimum atomic E-state index is -3.42. The summed E-state index contributed by atoms with van der Waals surface area (Å²) in [5.74, 6) is 0. The first kappa shape index (κ1) is 15.9. The van der Waals surface area contributed by atoms with Crippen LogP contribution in [0.4, 0.5) is 0 Å². The highest BCUT2D eigenvalue weighted by molar-refractivity contribution is 9.10. The van der Waals surface area contributed by atoms with Gasteiger partial charge in [0.15, 0.2) is 0 Å². The molecule has 1 saturated heterocycles. The van der Waals surface area contributed by atoms with Gasteiger partial charge in [-0.15, -0.1) is 12.4 Å². The molecule has 0 unspecified atom stereocenters. The van der Waals surface area contributed by atoms with Gasteiger partial charge in [-0.3, -0.25) is 0 Å². The molecule has 1 fully saturated rings. The zero-order valence-electron chi connectivity index (χ0n) is 9.73. The molecule has 1 aromatic carbocycles. The Hall–Kier alpha value is -0.140. The van der Waals surface area contributed by atoms with Crippen molar-refractivity contribution in [3.05, 3.63) is 28.7 Å². The van der Waals surface area contributed by atoms with Crippen LogP contribution in [0.3, 0.4) is 0 Å². The van der Waals surface area contributed by atoms with Crippen molar-refractivity contribution in [3.63, 3.8) is 0 Å². The SMILES string of the molecule is Cl.O=S(=O)(NC1CCNCC1)c1ccccc1Br. The molecule has 0 bridgehead atoms. The van der Waals surface area contributed by atoms with Crippen LogP contribution in [0.15, 0.2) is 33.6 Å². The van der Waals surface area contributed by atoms with Crippen LogP contribution in [0.5, 0.6) is 0 Å². The maximum absolute atomic E-state index is 12.2. The smallest absolute Gasteiger partial charge is 0.241 e. The van der Waals surface area contributed by atoms with Crippen LogP contribution in [-0.4, -0.2) is 27.5 Å². The van der Waals surface area contributed by atoms with E-state index in [-0.39, 0.29) is 18.4 Å². The first-order valence-electron chi connectivity index (χ1n) is 5.57. The lowest BCUT2D eigenvalue weighted by Gasteiger charge is -2.23. The molecule has 2 rings (SSSR count). The molecule has 0 atom stereocenters. The number of nitrogens with one attached hydrogen (secondary N) is 2. The number of hydrogen-bond donors (Lipinski definition) is 2. The Morgan fingerprint density at radius 3 is 2.44 bits per heavy atom. The Bertz CT molecular complexity index is 490. The summed E-state index contributed by atoms with van der Waals surface area (Å²) in [6, 6.07) is 6.90. The van der Waals surface area contributed by atoms with E-state index < -0.39 is 10.0 Å². The van der Waals surface area contributed by atoms with Gasteiger partial charge in [0.2, 0.25) is 10.0 Å². The van der Waals surface area contributed by atoms with Gasteiger partial charge in [0, 0.05) is 10.5 Å². The number of sulfonamides is 1. The molecule has 18 heavy (non-hydrogen) atoms. The van der Waals surface area contributed by atoms with Crippen molar-refractivity contribution in [2.24, 2.45) is 0 Å². The molecule has 0 aromatic heterocycles. The molecule has 0 saturated carbocycles. The standard InChI is InChI=1S/C11H15BrN2O2S.ClH/c12-10-3-1-2-4-11(10)17(15,16)14-9-5-7-13-8-6-9;/h1-4,9,13-14H,5-8H2;1H. The molecule has 0 amide bonds. The number of benzene rings is 1. The molecule has 2 N–H and O–H groups in total. The third-order valence-electron chi connectivity index (χ3n) is 2.79. The molecule has 1 aliphatic rings. The minimum Gasteiger partial charge on any atom is -0.317 e. The maximum Gasteiger partial charge on any atom is 0.241 e. The van der Waals surface area contributed by atoms with Crippen LogP contribution in [-0.2, 0) is 10.0 Å². The van der Waals surface area contributed by atoms with Gasteiger partial charge >= 0.3 is 0 Å². The third-order valence-corrected chi connectivity index (χ3v) is 5.32. The van der Waals surface area contributed by atoms with Gasteiger partial charge in [-0.25, -0.2) is 13.1 Å². The first-order valence-corrected chi connectivity index (χ1v) is 7.85. The van der Waals surface area contributed by atoms with Crippen molar-refractivity contribution in [1.29, 1.82) is 0 Å². The summed E-state index contributed by atoms with van der Waals surface area (Å²) in [4.78, 5) is 0.304. The molecule has 4 nitrogen and oxygen atoms in total. The van der Waals surface area contributed by atoms with Gasteiger partial charge in [-0.2, -0.15) is 0 Å². The van der Waals surface area contributed by atoms with E-state index in [0.717, 1.165) is 25.9 Å². The van der Waals surface area contributed by atoms with E-state index in [1.54, 1.807) is 24.3 Å². The van der Waals surface area contributed by atoms with Crippen LogP contribution in [0.2, 0.25) is 0 Å². The van der Waals surface area contributed by atoms with Crippen LogP contribution in [0.1, 0.15) is 12.8 Å². The van der Waals surface area contributed by atoms with Gasteiger partial charge in [-0.1, -0.05) is 12.1 Å². The second-order valence-electron chi connectivity index (χ2n) is 4.08. The number of rotatable bonds is 3. The van der Waals surface area contributed by atoms with Crippen molar-refractivity contribution in [1.82, 2.24) is 10.0 Å². The average molecular weight is 356 g/mol. The molecule has 1 aromatic rings. The monoisotopic (exact) mass is 354 g/mol. The topological polar surface area (TPSA) is 58.2 Å². The minimum absolute atomic E-state index is 0. The fourth-order valence-corrected chi connectivity index (χ4v) is 4.19. The van der Waals surface area contributed by atoms with Crippen molar-refractivity contribution in [2.45, 2.75) is 23.8 Å². The van der Waals surface area contributed by atoms with E-state index in [1.165, 1.54) is 0 Å². The Morgan fingerprint density at radius 1 is 1.22 bits per heavy atom. The predicted molar refractivity (Wildman–Crippen MR) is 77.6 cm³/mol. The van der Waals surface area contributed by atoms with E-state index in [4.69, 9.17) is 0 Å². The highest BCUT2D eigenvalue weighted by atomic mass is 79.9. The number of hydrogen-bond acceptors (Lipinski definition) is 3. The Balaban J connectivity index is 0.00000162. The Kier molecular flexibility index (Phi) is 6.07. The highest BCUT2D eigenvalue weighted by Crippen LogP contribution is 2.21. The average Bonchev–Trinajstić information content (AvgIpc) is 2.30.